The average Bonchev–Trinajstić information content (AvgIpc) is 3.11. The van der Waals surface area contributed by atoms with Gasteiger partial charge >= 0.3 is 0 Å². The number of fused-ring (bicyclic) bond motifs is 1. The fraction of sp³-hybridized carbons (Fsp3) is 0.273. The zero-order valence-electron chi connectivity index (χ0n) is 16.1. The van der Waals surface area contributed by atoms with Crippen LogP contribution in [0.15, 0.2) is 64.5 Å². The topological polar surface area (TPSA) is 38.9 Å². The number of ether oxygens (including phenoxy) is 1. The van der Waals surface area contributed by atoms with Gasteiger partial charge in [0.15, 0.2) is 0 Å². The summed E-state index contributed by atoms with van der Waals surface area (Å²) in [5.74, 6) is 0.867. The van der Waals surface area contributed by atoms with Crippen molar-refractivity contribution in [2.75, 3.05) is 13.7 Å². The van der Waals surface area contributed by atoms with Crippen molar-refractivity contribution in [3.8, 4) is 17.0 Å². The van der Waals surface area contributed by atoms with E-state index < -0.39 is 0 Å². The molecule has 0 aliphatic carbocycles. The van der Waals surface area contributed by atoms with Gasteiger partial charge in [0.1, 0.15) is 5.75 Å². The second kappa shape index (κ2) is 8.82. The number of rotatable bonds is 7. The maximum absolute atomic E-state index is 5.32. The molecule has 0 unspecified atom stereocenters. The molecular weight excluding hydrogens is 354 g/mol. The van der Waals surface area contributed by atoms with Crippen molar-refractivity contribution < 1.29 is 4.74 Å². The van der Waals surface area contributed by atoms with Gasteiger partial charge in [0.05, 0.1) is 19.3 Å². The summed E-state index contributed by atoms with van der Waals surface area (Å²) < 4.78 is 7.30. The lowest BCUT2D eigenvalue weighted by Crippen LogP contribution is -2.14. The minimum Gasteiger partial charge on any atom is -0.497 e. The Balaban J connectivity index is 2.15. The molecule has 0 radical (unpaired) electrons. The van der Waals surface area contributed by atoms with Crippen molar-refractivity contribution >= 4 is 27.8 Å². The lowest BCUT2D eigenvalue weighted by atomic mass is 10.1. The number of thiazole rings is 1. The van der Waals surface area contributed by atoms with Crippen LogP contribution in [0.1, 0.15) is 26.7 Å². The van der Waals surface area contributed by atoms with Gasteiger partial charge in [-0.2, -0.15) is 5.10 Å². The fourth-order valence-corrected chi connectivity index (χ4v) is 3.73. The van der Waals surface area contributed by atoms with Crippen LogP contribution < -0.4 is 9.54 Å². The van der Waals surface area contributed by atoms with E-state index in [1.54, 1.807) is 24.5 Å². The highest BCUT2D eigenvalue weighted by Crippen LogP contribution is 2.27. The maximum atomic E-state index is 5.32. The van der Waals surface area contributed by atoms with Gasteiger partial charge in [-0.25, -0.2) is 4.68 Å². The summed E-state index contributed by atoms with van der Waals surface area (Å²) in [7, 11) is 1.69. The van der Waals surface area contributed by atoms with Crippen molar-refractivity contribution in [1.29, 1.82) is 0 Å². The third kappa shape index (κ3) is 4.19. The molecule has 4 nitrogen and oxygen atoms in total. The maximum Gasteiger partial charge on any atom is 0.206 e. The van der Waals surface area contributed by atoms with Gasteiger partial charge in [-0.1, -0.05) is 38.1 Å². The molecule has 0 bridgehead atoms. The zero-order chi connectivity index (χ0) is 19.2. The highest BCUT2D eigenvalue weighted by Gasteiger charge is 2.09. The van der Waals surface area contributed by atoms with Crippen molar-refractivity contribution in [2.45, 2.75) is 26.7 Å². The monoisotopic (exact) mass is 379 g/mol. The van der Waals surface area contributed by atoms with E-state index in [-0.39, 0.29) is 0 Å². The van der Waals surface area contributed by atoms with E-state index >= 15 is 0 Å². The molecule has 3 aromatic rings. The Bertz CT molecular complexity index is 1040. The van der Waals surface area contributed by atoms with Crippen LogP contribution in [0.5, 0.6) is 5.75 Å². The van der Waals surface area contributed by atoms with Gasteiger partial charge in [0.25, 0.3) is 0 Å². The lowest BCUT2D eigenvalue weighted by molar-refractivity contribution is 0.415. The molecule has 0 aliphatic rings. The van der Waals surface area contributed by atoms with Gasteiger partial charge in [-0.15, -0.1) is 17.9 Å². The Morgan fingerprint density at radius 3 is 2.59 bits per heavy atom. The Morgan fingerprint density at radius 2 is 1.89 bits per heavy atom. The summed E-state index contributed by atoms with van der Waals surface area (Å²) in [6.07, 6.45) is 3.66. The second-order valence-electron chi connectivity index (χ2n) is 6.15. The molecule has 0 N–H and O–H groups in total. The van der Waals surface area contributed by atoms with Crippen molar-refractivity contribution in [3.05, 3.63) is 59.2 Å². The highest BCUT2D eigenvalue weighted by atomic mass is 32.1. The molecule has 0 saturated heterocycles. The van der Waals surface area contributed by atoms with Gasteiger partial charge < -0.3 is 4.74 Å². The molecule has 0 fully saturated rings. The molecule has 2 aromatic carbocycles. The highest BCUT2D eigenvalue weighted by molar-refractivity contribution is 7.07. The van der Waals surface area contributed by atoms with Crippen LogP contribution >= 0.6 is 11.3 Å². The molecule has 0 spiro atoms. The Hall–Kier alpha value is -2.66. The first kappa shape index (κ1) is 19.1. The van der Waals surface area contributed by atoms with E-state index in [1.807, 2.05) is 10.7 Å². The van der Waals surface area contributed by atoms with Gasteiger partial charge in [-0.05, 0) is 41.8 Å². The number of benzene rings is 2. The molecule has 140 valence electrons. The van der Waals surface area contributed by atoms with Crippen LogP contribution in [-0.2, 0) is 0 Å². The van der Waals surface area contributed by atoms with E-state index in [1.165, 1.54) is 5.39 Å². The number of hydrogen-bond acceptors (Lipinski definition) is 4. The number of methoxy groups -OCH3 is 1. The molecule has 3 rings (SSSR count). The quantitative estimate of drug-likeness (QED) is 0.395. The first-order valence-corrected chi connectivity index (χ1v) is 10.0. The first-order chi connectivity index (χ1) is 13.2. The summed E-state index contributed by atoms with van der Waals surface area (Å²) in [5, 5.41) is 9.34. The summed E-state index contributed by atoms with van der Waals surface area (Å²) in [6.45, 7) is 8.63. The zero-order valence-corrected chi connectivity index (χ0v) is 16.9. The predicted molar refractivity (Wildman–Crippen MR) is 116 cm³/mol. The summed E-state index contributed by atoms with van der Waals surface area (Å²) in [6, 6.07) is 12.6. The summed E-state index contributed by atoms with van der Waals surface area (Å²) >= 11 is 1.61. The average molecular weight is 380 g/mol. The molecule has 0 amide bonds. The fourth-order valence-electron chi connectivity index (χ4n) is 2.89. The molecule has 1 aromatic heterocycles. The van der Waals surface area contributed by atoms with Crippen molar-refractivity contribution in [1.82, 2.24) is 4.68 Å². The van der Waals surface area contributed by atoms with Gasteiger partial charge in [-0.3, -0.25) is 4.99 Å². The van der Waals surface area contributed by atoms with Crippen molar-refractivity contribution in [3.63, 3.8) is 0 Å². The third-order valence-electron chi connectivity index (χ3n) is 4.44. The number of nitrogens with zero attached hydrogens (tertiary/aromatic N) is 3. The van der Waals surface area contributed by atoms with Crippen LogP contribution in [0.2, 0.25) is 0 Å². The van der Waals surface area contributed by atoms with E-state index in [9.17, 15) is 0 Å². The van der Waals surface area contributed by atoms with Crippen LogP contribution in [0, 0.1) is 0 Å². The minimum absolute atomic E-state index is 0.584. The normalized spacial score (nSPS) is 11.6. The smallest absolute Gasteiger partial charge is 0.206 e. The molecule has 0 aliphatic heterocycles. The van der Waals surface area contributed by atoms with Crippen molar-refractivity contribution in [2.24, 2.45) is 10.1 Å². The van der Waals surface area contributed by atoms with Crippen LogP contribution in [-0.4, -0.2) is 24.0 Å². The molecule has 27 heavy (non-hydrogen) atoms. The molecule has 0 saturated carbocycles. The number of aromatic nitrogens is 1. The van der Waals surface area contributed by atoms with E-state index in [2.05, 4.69) is 61.1 Å². The first-order valence-electron chi connectivity index (χ1n) is 9.17. The molecule has 1 heterocycles. The largest absolute Gasteiger partial charge is 0.497 e. The van der Waals surface area contributed by atoms with E-state index in [0.717, 1.165) is 45.7 Å². The van der Waals surface area contributed by atoms with E-state index in [4.69, 9.17) is 9.84 Å². The van der Waals surface area contributed by atoms with Gasteiger partial charge in [0.2, 0.25) is 4.80 Å². The van der Waals surface area contributed by atoms with Crippen LogP contribution in [0.3, 0.4) is 0 Å². The second-order valence-corrected chi connectivity index (χ2v) is 6.98. The van der Waals surface area contributed by atoms with E-state index in [0.29, 0.717) is 6.54 Å². The molecule has 0 atom stereocenters. The summed E-state index contributed by atoms with van der Waals surface area (Å²) in [5.41, 5.74) is 3.33. The molecule has 5 heteroatoms. The Labute approximate surface area is 164 Å². The Morgan fingerprint density at radius 1 is 1.15 bits per heavy atom. The van der Waals surface area contributed by atoms with Crippen LogP contribution in [0.4, 0.5) is 0 Å². The standard InChI is InChI=1S/C22H25N3OS/c1-5-12-23-22-25(24-19(6-2)7-3)21(15-27-22)18-9-8-17-14-20(26-4)11-10-16(17)13-18/h5,8-11,13-15H,1,6-7,12H2,2-4H3. The molecular formula is C22H25N3OS. The minimum atomic E-state index is 0.584. The predicted octanol–water partition coefficient (Wildman–Crippen LogP) is 5.49. The number of hydrogen-bond donors (Lipinski definition) is 0. The SMILES string of the molecule is C=CCN=c1scc(-c2ccc3cc(OC)ccc3c2)n1N=C(CC)CC. The van der Waals surface area contributed by atoms with Gasteiger partial charge in [0, 0.05) is 16.7 Å². The Kier molecular flexibility index (Phi) is 6.24. The summed E-state index contributed by atoms with van der Waals surface area (Å²) in [4.78, 5) is 5.51. The lowest BCUT2D eigenvalue weighted by Gasteiger charge is -2.08. The third-order valence-corrected chi connectivity index (χ3v) is 5.30. The van der Waals surface area contributed by atoms with Crippen LogP contribution in [0.25, 0.3) is 22.0 Å².